The molecule has 0 radical (unpaired) electrons. The number of benzene rings is 1. The van der Waals surface area contributed by atoms with Crippen LogP contribution in [0, 0.1) is 0 Å². The minimum absolute atomic E-state index is 0.361. The van der Waals surface area contributed by atoms with Crippen molar-refractivity contribution in [3.8, 4) is 11.4 Å². The number of fused-ring (bicyclic) bond motifs is 1. The number of aliphatic hydroxyl groups is 1. The molecule has 0 spiro atoms. The lowest BCUT2D eigenvalue weighted by Gasteiger charge is -2.21. The summed E-state index contributed by atoms with van der Waals surface area (Å²) in [4.78, 5) is 4.26. The Bertz CT molecular complexity index is 616. The lowest BCUT2D eigenvalue weighted by molar-refractivity contribution is -0.137. The summed E-state index contributed by atoms with van der Waals surface area (Å²) in [5.74, 6) is 0.653. The molecule has 1 unspecified atom stereocenters. The van der Waals surface area contributed by atoms with Gasteiger partial charge in [-0.05, 0) is 18.6 Å². The summed E-state index contributed by atoms with van der Waals surface area (Å²) >= 11 is 0. The summed E-state index contributed by atoms with van der Waals surface area (Å²) in [6.07, 6.45) is -1.84. The second-order valence-electron chi connectivity index (χ2n) is 4.95. The Balaban J connectivity index is 1.94. The van der Waals surface area contributed by atoms with Crippen LogP contribution in [0.15, 0.2) is 30.5 Å². The van der Waals surface area contributed by atoms with E-state index in [9.17, 15) is 18.3 Å². The Kier molecular flexibility index (Phi) is 3.05. The smallest absolute Gasteiger partial charge is 0.393 e. The third-order valence-electron chi connectivity index (χ3n) is 3.54. The quantitative estimate of drug-likeness (QED) is 0.873. The standard InChI is InChI=1S/C14H13F3N2O/c15-14(16,17)10-3-1-9(2-4-10)13-18-8-11-7-12(20)5-6-19(11)13/h1-4,8,12,20H,5-7H2. The van der Waals surface area contributed by atoms with Crippen LogP contribution >= 0.6 is 0 Å². The molecule has 106 valence electrons. The van der Waals surface area contributed by atoms with Gasteiger partial charge in [-0.3, -0.25) is 0 Å². The second kappa shape index (κ2) is 4.63. The van der Waals surface area contributed by atoms with E-state index in [1.807, 2.05) is 4.57 Å². The number of aliphatic hydroxyl groups excluding tert-OH is 1. The van der Waals surface area contributed by atoms with E-state index in [2.05, 4.69) is 4.98 Å². The van der Waals surface area contributed by atoms with Crippen LogP contribution in [-0.2, 0) is 19.1 Å². The third kappa shape index (κ3) is 2.31. The van der Waals surface area contributed by atoms with Crippen molar-refractivity contribution in [1.29, 1.82) is 0 Å². The van der Waals surface area contributed by atoms with E-state index >= 15 is 0 Å². The molecule has 1 aliphatic rings. The lowest BCUT2D eigenvalue weighted by atomic mass is 10.1. The maximum atomic E-state index is 12.5. The van der Waals surface area contributed by atoms with Crippen LogP contribution in [0.1, 0.15) is 17.7 Å². The van der Waals surface area contributed by atoms with Gasteiger partial charge in [0.15, 0.2) is 0 Å². The monoisotopic (exact) mass is 282 g/mol. The van der Waals surface area contributed by atoms with E-state index in [1.165, 1.54) is 12.1 Å². The van der Waals surface area contributed by atoms with Crippen LogP contribution in [0.25, 0.3) is 11.4 Å². The van der Waals surface area contributed by atoms with E-state index in [0.29, 0.717) is 30.8 Å². The Morgan fingerprint density at radius 3 is 2.55 bits per heavy atom. The first kappa shape index (κ1) is 13.2. The highest BCUT2D eigenvalue weighted by atomic mass is 19.4. The maximum absolute atomic E-state index is 12.5. The van der Waals surface area contributed by atoms with Gasteiger partial charge in [0.1, 0.15) is 5.82 Å². The zero-order valence-corrected chi connectivity index (χ0v) is 10.6. The Labute approximate surface area is 113 Å². The molecular formula is C14H13F3N2O. The van der Waals surface area contributed by atoms with E-state index in [1.54, 1.807) is 6.20 Å². The van der Waals surface area contributed by atoms with Gasteiger partial charge in [-0.1, -0.05) is 12.1 Å². The molecule has 0 saturated heterocycles. The van der Waals surface area contributed by atoms with Gasteiger partial charge in [-0.2, -0.15) is 13.2 Å². The van der Waals surface area contributed by atoms with Crippen LogP contribution in [-0.4, -0.2) is 20.8 Å². The largest absolute Gasteiger partial charge is 0.416 e. The molecule has 1 atom stereocenters. The molecule has 0 amide bonds. The molecule has 0 bridgehead atoms. The van der Waals surface area contributed by atoms with E-state index in [-0.39, 0.29) is 6.10 Å². The molecule has 0 fully saturated rings. The minimum Gasteiger partial charge on any atom is -0.393 e. The summed E-state index contributed by atoms with van der Waals surface area (Å²) in [6.45, 7) is 0.632. The molecule has 2 aromatic rings. The first-order valence-corrected chi connectivity index (χ1v) is 6.35. The topological polar surface area (TPSA) is 38.0 Å². The SMILES string of the molecule is OC1CCn2c(cnc2-c2ccc(C(F)(F)F)cc2)C1. The van der Waals surface area contributed by atoms with Gasteiger partial charge in [-0.25, -0.2) is 4.98 Å². The Morgan fingerprint density at radius 2 is 1.90 bits per heavy atom. The number of rotatable bonds is 1. The predicted octanol–water partition coefficient (Wildman–Crippen LogP) is 2.88. The molecule has 3 nitrogen and oxygen atoms in total. The molecule has 0 saturated carbocycles. The predicted molar refractivity (Wildman–Crippen MR) is 67.0 cm³/mol. The van der Waals surface area contributed by atoms with Crippen molar-refractivity contribution in [2.45, 2.75) is 31.7 Å². The van der Waals surface area contributed by atoms with E-state index in [0.717, 1.165) is 17.8 Å². The molecule has 6 heteroatoms. The second-order valence-corrected chi connectivity index (χ2v) is 4.95. The van der Waals surface area contributed by atoms with Crippen LogP contribution in [0.2, 0.25) is 0 Å². The fourth-order valence-electron chi connectivity index (χ4n) is 2.48. The fourth-order valence-corrected chi connectivity index (χ4v) is 2.48. The minimum atomic E-state index is -4.32. The van der Waals surface area contributed by atoms with Crippen molar-refractivity contribution in [2.24, 2.45) is 0 Å². The average molecular weight is 282 g/mol. The zero-order chi connectivity index (χ0) is 14.3. The molecular weight excluding hydrogens is 269 g/mol. The van der Waals surface area contributed by atoms with E-state index < -0.39 is 11.7 Å². The summed E-state index contributed by atoms with van der Waals surface area (Å²) in [5.41, 5.74) is 0.904. The normalized spacial score (nSPS) is 18.9. The average Bonchev–Trinajstić information content (AvgIpc) is 2.80. The van der Waals surface area contributed by atoms with E-state index in [4.69, 9.17) is 0 Å². The van der Waals surface area contributed by atoms with Crippen LogP contribution in [0.4, 0.5) is 13.2 Å². The molecule has 3 rings (SSSR count). The number of halogens is 3. The number of hydrogen-bond donors (Lipinski definition) is 1. The first-order valence-electron chi connectivity index (χ1n) is 6.35. The molecule has 0 aliphatic carbocycles. The van der Waals surface area contributed by atoms with Crippen molar-refractivity contribution in [2.75, 3.05) is 0 Å². The van der Waals surface area contributed by atoms with Crippen LogP contribution in [0.3, 0.4) is 0 Å². The zero-order valence-electron chi connectivity index (χ0n) is 10.6. The molecule has 1 aromatic carbocycles. The highest BCUT2D eigenvalue weighted by Gasteiger charge is 2.30. The molecule has 1 aromatic heterocycles. The van der Waals surface area contributed by atoms with Gasteiger partial charge in [0.25, 0.3) is 0 Å². The number of alkyl halides is 3. The summed E-state index contributed by atoms with van der Waals surface area (Å²) in [5, 5.41) is 9.60. The summed E-state index contributed by atoms with van der Waals surface area (Å²) < 4.78 is 39.5. The number of hydrogen-bond acceptors (Lipinski definition) is 2. The Hall–Kier alpha value is -1.82. The molecule has 1 N–H and O–H groups in total. The van der Waals surface area contributed by atoms with Crippen molar-refractivity contribution in [1.82, 2.24) is 9.55 Å². The van der Waals surface area contributed by atoms with Crippen molar-refractivity contribution < 1.29 is 18.3 Å². The molecule has 2 heterocycles. The van der Waals surface area contributed by atoms with Crippen molar-refractivity contribution in [3.63, 3.8) is 0 Å². The number of aromatic nitrogens is 2. The summed E-state index contributed by atoms with van der Waals surface area (Å²) in [7, 11) is 0. The fraction of sp³-hybridized carbons (Fsp3) is 0.357. The van der Waals surface area contributed by atoms with Crippen LogP contribution < -0.4 is 0 Å². The lowest BCUT2D eigenvalue weighted by Crippen LogP contribution is -2.23. The van der Waals surface area contributed by atoms with Gasteiger partial charge in [-0.15, -0.1) is 0 Å². The van der Waals surface area contributed by atoms with Gasteiger partial charge in [0, 0.05) is 30.4 Å². The van der Waals surface area contributed by atoms with Gasteiger partial charge in [0.2, 0.25) is 0 Å². The van der Waals surface area contributed by atoms with Crippen LogP contribution in [0.5, 0.6) is 0 Å². The third-order valence-corrected chi connectivity index (χ3v) is 3.54. The summed E-state index contributed by atoms with van der Waals surface area (Å²) in [6, 6.07) is 5.00. The molecule has 20 heavy (non-hydrogen) atoms. The first-order chi connectivity index (χ1) is 9.45. The number of imidazole rings is 1. The van der Waals surface area contributed by atoms with Gasteiger partial charge in [0.05, 0.1) is 11.7 Å². The van der Waals surface area contributed by atoms with Gasteiger partial charge >= 0.3 is 6.18 Å². The Morgan fingerprint density at radius 1 is 1.20 bits per heavy atom. The van der Waals surface area contributed by atoms with Gasteiger partial charge < -0.3 is 9.67 Å². The molecule has 1 aliphatic heterocycles. The van der Waals surface area contributed by atoms with Crippen molar-refractivity contribution in [3.05, 3.63) is 41.7 Å². The highest BCUT2D eigenvalue weighted by Crippen LogP contribution is 2.31. The van der Waals surface area contributed by atoms with Crippen molar-refractivity contribution >= 4 is 0 Å². The highest BCUT2D eigenvalue weighted by molar-refractivity contribution is 5.57. The number of nitrogens with zero attached hydrogens (tertiary/aromatic N) is 2. The maximum Gasteiger partial charge on any atom is 0.416 e.